The summed E-state index contributed by atoms with van der Waals surface area (Å²) in [5.41, 5.74) is 2.33. The van der Waals surface area contributed by atoms with Gasteiger partial charge in [-0.2, -0.15) is 0 Å². The number of pyridine rings is 1. The number of hydrogen-bond donors (Lipinski definition) is 1. The van der Waals surface area contributed by atoms with Gasteiger partial charge >= 0.3 is 0 Å². The van der Waals surface area contributed by atoms with Crippen LogP contribution in [-0.2, 0) is 17.8 Å². The summed E-state index contributed by atoms with van der Waals surface area (Å²) in [4.78, 5) is 29.7. The molecule has 7 nitrogen and oxygen atoms in total. The van der Waals surface area contributed by atoms with Crippen molar-refractivity contribution in [1.82, 2.24) is 14.1 Å². The van der Waals surface area contributed by atoms with Gasteiger partial charge < -0.3 is 19.2 Å². The van der Waals surface area contributed by atoms with Gasteiger partial charge in [0.25, 0.3) is 11.5 Å². The smallest absolute Gasteiger partial charge is 0.258 e. The number of hydrogen-bond acceptors (Lipinski definition) is 4. The number of halogens is 1. The topological polar surface area (TPSA) is 78.2 Å². The molecule has 0 unspecified atom stereocenters. The summed E-state index contributed by atoms with van der Waals surface area (Å²) >= 11 is 0. The number of rotatable bonds is 8. The lowest BCUT2D eigenvalue weighted by Crippen LogP contribution is -2.24. The quantitative estimate of drug-likeness (QED) is 0.447. The van der Waals surface area contributed by atoms with Crippen LogP contribution in [0, 0.1) is 5.82 Å². The first-order valence-electron chi connectivity index (χ1n) is 10.4. The van der Waals surface area contributed by atoms with Gasteiger partial charge in [-0.1, -0.05) is 30.3 Å². The van der Waals surface area contributed by atoms with Crippen molar-refractivity contribution in [1.29, 1.82) is 0 Å². The van der Waals surface area contributed by atoms with Crippen LogP contribution in [0.15, 0.2) is 84.0 Å². The zero-order chi connectivity index (χ0) is 23.2. The van der Waals surface area contributed by atoms with E-state index in [2.05, 4.69) is 10.3 Å². The Morgan fingerprint density at radius 1 is 1.03 bits per heavy atom. The molecule has 33 heavy (non-hydrogen) atoms. The molecular weight excluding hydrogens is 423 g/mol. The summed E-state index contributed by atoms with van der Waals surface area (Å²) in [7, 11) is 1.55. The van der Waals surface area contributed by atoms with Crippen LogP contribution in [0.2, 0.25) is 0 Å². The van der Waals surface area contributed by atoms with Gasteiger partial charge in [0, 0.05) is 31.5 Å². The fraction of sp³-hybridized carbons (Fsp3) is 0.160. The molecule has 0 aliphatic heterocycles. The first kappa shape index (κ1) is 22.2. The molecule has 1 N–H and O–H groups in total. The second kappa shape index (κ2) is 10.1. The van der Waals surface area contributed by atoms with Gasteiger partial charge in [0.05, 0.1) is 25.0 Å². The number of aromatic nitrogens is 3. The highest BCUT2D eigenvalue weighted by molar-refractivity contribution is 6.05. The monoisotopic (exact) mass is 446 g/mol. The number of amides is 1. The minimum atomic E-state index is -0.389. The number of methoxy groups -OCH3 is 1. The molecule has 0 fully saturated rings. The molecule has 0 radical (unpaired) electrons. The molecule has 0 aliphatic carbocycles. The van der Waals surface area contributed by atoms with Crippen LogP contribution in [-0.4, -0.2) is 33.7 Å². The Kier molecular flexibility index (Phi) is 6.75. The van der Waals surface area contributed by atoms with Gasteiger partial charge in [-0.15, -0.1) is 0 Å². The van der Waals surface area contributed by atoms with E-state index in [0.717, 1.165) is 5.56 Å². The Bertz CT molecular complexity index is 1300. The maximum absolute atomic E-state index is 13.5. The number of imidazole rings is 1. The maximum Gasteiger partial charge on any atom is 0.258 e. The van der Waals surface area contributed by atoms with E-state index in [1.54, 1.807) is 25.6 Å². The molecular formula is C25H23FN4O3. The average molecular weight is 446 g/mol. The number of carbonyl (C=O) groups is 1. The van der Waals surface area contributed by atoms with E-state index in [1.165, 1.54) is 35.0 Å². The van der Waals surface area contributed by atoms with Gasteiger partial charge in [-0.3, -0.25) is 9.59 Å². The fourth-order valence-corrected chi connectivity index (χ4v) is 3.44. The normalized spacial score (nSPS) is 10.8. The van der Waals surface area contributed by atoms with Crippen LogP contribution >= 0.6 is 0 Å². The van der Waals surface area contributed by atoms with Crippen molar-refractivity contribution in [3.8, 4) is 11.3 Å². The summed E-state index contributed by atoms with van der Waals surface area (Å²) in [6.07, 6.45) is 3.15. The van der Waals surface area contributed by atoms with E-state index in [4.69, 9.17) is 4.74 Å². The number of carbonyl (C=O) groups excluding carboxylic acids is 1. The third-order valence-corrected chi connectivity index (χ3v) is 5.17. The molecule has 168 valence electrons. The van der Waals surface area contributed by atoms with E-state index in [9.17, 15) is 14.0 Å². The summed E-state index contributed by atoms with van der Waals surface area (Å²) in [6.45, 7) is 1.17. The van der Waals surface area contributed by atoms with E-state index in [1.807, 2.05) is 34.9 Å². The maximum atomic E-state index is 13.5. The highest BCUT2D eigenvalue weighted by atomic mass is 19.1. The largest absolute Gasteiger partial charge is 0.383 e. The Hall–Kier alpha value is -4.04. The van der Waals surface area contributed by atoms with Crippen molar-refractivity contribution >= 4 is 11.7 Å². The van der Waals surface area contributed by atoms with Crippen molar-refractivity contribution in [2.75, 3.05) is 19.0 Å². The fourth-order valence-electron chi connectivity index (χ4n) is 3.44. The number of benzene rings is 2. The van der Waals surface area contributed by atoms with Crippen LogP contribution in [0.5, 0.6) is 0 Å². The minimum absolute atomic E-state index is 0.218. The van der Waals surface area contributed by atoms with Gasteiger partial charge in [0.1, 0.15) is 17.3 Å². The predicted octanol–water partition coefficient (Wildman–Crippen LogP) is 3.80. The third-order valence-electron chi connectivity index (χ3n) is 5.17. The van der Waals surface area contributed by atoms with Crippen molar-refractivity contribution in [2.24, 2.45) is 0 Å². The molecule has 4 rings (SSSR count). The summed E-state index contributed by atoms with van der Waals surface area (Å²) in [5, 5.41) is 2.93. The number of nitrogens with one attached hydrogen (secondary N) is 1. The SMILES string of the molecule is COCCn1cc(C(=O)Nc2c(-c3ccc(F)cc3)ncn2Cc2ccccc2)ccc1=O. The molecule has 0 bridgehead atoms. The molecule has 0 saturated heterocycles. The average Bonchev–Trinajstić information content (AvgIpc) is 3.21. The molecule has 1 amide bonds. The van der Waals surface area contributed by atoms with Crippen LogP contribution in [0.25, 0.3) is 11.3 Å². The Balaban J connectivity index is 1.69. The first-order valence-corrected chi connectivity index (χ1v) is 10.4. The van der Waals surface area contributed by atoms with E-state index in [-0.39, 0.29) is 17.3 Å². The summed E-state index contributed by atoms with van der Waals surface area (Å²) in [6, 6.07) is 18.5. The highest BCUT2D eigenvalue weighted by Gasteiger charge is 2.18. The van der Waals surface area contributed by atoms with Crippen LogP contribution in [0.4, 0.5) is 10.2 Å². The van der Waals surface area contributed by atoms with Crippen molar-refractivity contribution in [2.45, 2.75) is 13.1 Å². The molecule has 0 saturated carbocycles. The number of anilines is 1. The predicted molar refractivity (Wildman–Crippen MR) is 124 cm³/mol. The van der Waals surface area contributed by atoms with Gasteiger partial charge in [0.15, 0.2) is 0 Å². The molecule has 2 heterocycles. The number of ether oxygens (including phenoxy) is 1. The van der Waals surface area contributed by atoms with Crippen molar-refractivity contribution in [3.63, 3.8) is 0 Å². The van der Waals surface area contributed by atoms with Gasteiger partial charge in [-0.25, -0.2) is 9.37 Å². The third kappa shape index (κ3) is 5.24. The van der Waals surface area contributed by atoms with Crippen molar-refractivity contribution in [3.05, 3.63) is 107 Å². The standard InChI is InChI=1S/C25H23FN4O3/c1-33-14-13-29-16-20(9-12-22(29)31)25(32)28-24-23(19-7-10-21(26)11-8-19)27-17-30(24)15-18-5-3-2-4-6-18/h2-12,16-17H,13-15H2,1H3,(H,28,32). The molecule has 4 aromatic rings. The lowest BCUT2D eigenvalue weighted by atomic mass is 10.1. The molecule has 0 spiro atoms. The summed E-state index contributed by atoms with van der Waals surface area (Å²) in [5.74, 6) is -0.268. The van der Waals surface area contributed by atoms with Crippen LogP contribution < -0.4 is 10.9 Å². The highest BCUT2D eigenvalue weighted by Crippen LogP contribution is 2.28. The molecule has 8 heteroatoms. The molecule has 2 aromatic carbocycles. The molecule has 0 aliphatic rings. The summed E-state index contributed by atoms with van der Waals surface area (Å²) < 4.78 is 21.7. The first-order chi connectivity index (χ1) is 16.0. The van der Waals surface area contributed by atoms with Crippen LogP contribution in [0.3, 0.4) is 0 Å². The van der Waals surface area contributed by atoms with Crippen molar-refractivity contribution < 1.29 is 13.9 Å². The Morgan fingerprint density at radius 3 is 2.52 bits per heavy atom. The molecule has 0 atom stereocenters. The van der Waals surface area contributed by atoms with E-state index < -0.39 is 0 Å². The van der Waals surface area contributed by atoms with Gasteiger partial charge in [0.2, 0.25) is 0 Å². The number of nitrogens with zero attached hydrogens (tertiary/aromatic N) is 3. The van der Waals surface area contributed by atoms with Gasteiger partial charge in [-0.05, 0) is 35.9 Å². The van der Waals surface area contributed by atoms with E-state index >= 15 is 0 Å². The lowest BCUT2D eigenvalue weighted by Gasteiger charge is -2.13. The zero-order valence-corrected chi connectivity index (χ0v) is 18.1. The second-order valence-electron chi connectivity index (χ2n) is 7.46. The van der Waals surface area contributed by atoms with E-state index in [0.29, 0.717) is 42.3 Å². The minimum Gasteiger partial charge on any atom is -0.383 e. The molecule has 2 aromatic heterocycles. The second-order valence-corrected chi connectivity index (χ2v) is 7.46. The zero-order valence-electron chi connectivity index (χ0n) is 18.1. The lowest BCUT2D eigenvalue weighted by molar-refractivity contribution is 0.102. The van der Waals surface area contributed by atoms with Crippen LogP contribution in [0.1, 0.15) is 15.9 Å². The Morgan fingerprint density at radius 2 is 1.79 bits per heavy atom. The Labute approximate surface area is 190 Å².